The van der Waals surface area contributed by atoms with Crippen LogP contribution in [0, 0.1) is 0 Å². The number of fused-ring (bicyclic) bond motifs is 7. The SMILES string of the molecule is COc1ccc(-c2c([Se]c3ccccc3)c([Se]c3ccccc3)c3c4c(c([Si](C)(C)C)c5c(c24)-c2ccccc2C5=O)-c2cc(OC)c(OC)cc2-3)cc1. The minimum absolute atomic E-state index is 0.0595. The number of carbonyl (C=O) groups is 1. The first-order chi connectivity index (χ1) is 26.2. The normalized spacial score (nSPS) is 12.4. The Morgan fingerprint density at radius 1 is 0.481 bits per heavy atom. The fourth-order valence-corrected chi connectivity index (χ4v) is 15.5. The van der Waals surface area contributed by atoms with Gasteiger partial charge in [0.25, 0.3) is 0 Å². The zero-order valence-electron chi connectivity index (χ0n) is 31.0. The molecule has 4 nitrogen and oxygen atoms in total. The van der Waals surface area contributed by atoms with Gasteiger partial charge in [0, 0.05) is 0 Å². The Morgan fingerprint density at radius 3 is 1.52 bits per heavy atom. The molecule has 0 spiro atoms. The Hall–Kier alpha value is -4.87. The van der Waals surface area contributed by atoms with Crippen LogP contribution in [0.3, 0.4) is 0 Å². The van der Waals surface area contributed by atoms with Crippen LogP contribution in [0.1, 0.15) is 15.9 Å². The van der Waals surface area contributed by atoms with E-state index in [0.29, 0.717) is 11.5 Å². The third-order valence-electron chi connectivity index (χ3n) is 10.4. The van der Waals surface area contributed by atoms with Crippen molar-refractivity contribution in [1.82, 2.24) is 0 Å². The topological polar surface area (TPSA) is 44.8 Å². The number of hydrogen-bond acceptors (Lipinski definition) is 4. The van der Waals surface area contributed by atoms with E-state index >= 15 is 4.79 Å². The first kappa shape index (κ1) is 34.9. The molecule has 0 saturated carbocycles. The van der Waals surface area contributed by atoms with Crippen molar-refractivity contribution >= 4 is 77.6 Å². The molecule has 9 rings (SSSR count). The number of ketones is 1. The van der Waals surface area contributed by atoms with Crippen molar-refractivity contribution in [2.45, 2.75) is 19.6 Å². The summed E-state index contributed by atoms with van der Waals surface area (Å²) in [7, 11) is 2.92. The van der Waals surface area contributed by atoms with E-state index in [-0.39, 0.29) is 35.7 Å². The van der Waals surface area contributed by atoms with E-state index in [1.165, 1.54) is 45.1 Å². The summed E-state index contributed by atoms with van der Waals surface area (Å²) in [5.74, 6) is 2.33. The first-order valence-electron chi connectivity index (χ1n) is 18.0. The molecule has 0 aromatic heterocycles. The second-order valence-corrected chi connectivity index (χ2v) is 24.1. The molecule has 7 heteroatoms. The number of rotatable bonds is 9. The Kier molecular flexibility index (Phi) is 8.69. The van der Waals surface area contributed by atoms with Crippen molar-refractivity contribution in [3.8, 4) is 61.8 Å². The van der Waals surface area contributed by atoms with Crippen LogP contribution >= 0.6 is 0 Å². The molecule has 266 valence electrons. The van der Waals surface area contributed by atoms with E-state index in [2.05, 4.69) is 129 Å². The van der Waals surface area contributed by atoms with Crippen LogP contribution in [-0.4, -0.2) is 65.1 Å². The average molecular weight is 853 g/mol. The molecule has 0 unspecified atom stereocenters. The van der Waals surface area contributed by atoms with Gasteiger partial charge in [-0.25, -0.2) is 0 Å². The monoisotopic (exact) mass is 854 g/mol. The Balaban J connectivity index is 1.58. The van der Waals surface area contributed by atoms with E-state index in [1.807, 2.05) is 12.1 Å². The van der Waals surface area contributed by atoms with Gasteiger partial charge in [-0.2, -0.15) is 0 Å². The van der Waals surface area contributed by atoms with Crippen molar-refractivity contribution in [2.24, 2.45) is 0 Å². The predicted molar refractivity (Wildman–Crippen MR) is 228 cm³/mol. The van der Waals surface area contributed by atoms with Gasteiger partial charge in [0.05, 0.1) is 0 Å². The minimum atomic E-state index is -2.21. The molecule has 0 amide bonds. The molecule has 0 N–H and O–H groups in total. The van der Waals surface area contributed by atoms with Gasteiger partial charge in [-0.15, -0.1) is 0 Å². The molecule has 0 aliphatic heterocycles. The third-order valence-corrected chi connectivity index (χ3v) is 17.8. The predicted octanol–water partition coefficient (Wildman–Crippen LogP) is 7.25. The molecule has 0 radical (unpaired) electrons. The molecule has 54 heavy (non-hydrogen) atoms. The summed E-state index contributed by atoms with van der Waals surface area (Å²) < 4.78 is 23.0. The van der Waals surface area contributed by atoms with Crippen molar-refractivity contribution in [2.75, 3.05) is 21.3 Å². The van der Waals surface area contributed by atoms with Gasteiger partial charge in [0.1, 0.15) is 0 Å². The molecular formula is C47H38O4Se2Si. The van der Waals surface area contributed by atoms with Gasteiger partial charge in [-0.1, -0.05) is 0 Å². The zero-order chi connectivity index (χ0) is 37.3. The van der Waals surface area contributed by atoms with Crippen LogP contribution in [0.5, 0.6) is 17.2 Å². The fraction of sp³-hybridized carbons (Fsp3) is 0.128. The number of benzene rings is 7. The number of ether oxygens (including phenoxy) is 3. The van der Waals surface area contributed by atoms with E-state index in [4.69, 9.17) is 14.2 Å². The quantitative estimate of drug-likeness (QED) is 0.144. The molecular weight excluding hydrogens is 815 g/mol. The van der Waals surface area contributed by atoms with Gasteiger partial charge < -0.3 is 0 Å². The van der Waals surface area contributed by atoms with Gasteiger partial charge >= 0.3 is 332 Å². The summed E-state index contributed by atoms with van der Waals surface area (Å²) in [5, 5.41) is 3.63. The Bertz CT molecular complexity index is 2650. The fourth-order valence-electron chi connectivity index (χ4n) is 8.24. The summed E-state index contributed by atoms with van der Waals surface area (Å²) >= 11 is -0.144. The maximum atomic E-state index is 15.0. The number of carbonyl (C=O) groups excluding carboxylic acids is 1. The average Bonchev–Trinajstić information content (AvgIpc) is 3.67. The van der Waals surface area contributed by atoms with Crippen molar-refractivity contribution in [3.05, 3.63) is 132 Å². The van der Waals surface area contributed by atoms with Crippen LogP contribution < -0.4 is 37.2 Å². The summed E-state index contributed by atoms with van der Waals surface area (Å²) in [6.45, 7) is 7.14. The van der Waals surface area contributed by atoms with Gasteiger partial charge in [-0.3, -0.25) is 0 Å². The molecule has 0 saturated heterocycles. The molecule has 2 aliphatic rings. The van der Waals surface area contributed by atoms with E-state index in [9.17, 15) is 0 Å². The third kappa shape index (κ3) is 5.41. The summed E-state index contributed by atoms with van der Waals surface area (Å²) in [5.41, 5.74) is 10.8. The van der Waals surface area contributed by atoms with Crippen LogP contribution in [0.4, 0.5) is 0 Å². The van der Waals surface area contributed by atoms with E-state index in [1.54, 1.807) is 21.3 Å². The van der Waals surface area contributed by atoms with Crippen LogP contribution in [0.25, 0.3) is 55.3 Å². The van der Waals surface area contributed by atoms with Crippen LogP contribution in [0.2, 0.25) is 19.6 Å². The van der Waals surface area contributed by atoms with E-state index < -0.39 is 8.07 Å². The molecule has 7 aromatic rings. The van der Waals surface area contributed by atoms with Crippen molar-refractivity contribution in [3.63, 3.8) is 0 Å². The summed E-state index contributed by atoms with van der Waals surface area (Å²) in [6, 6.07) is 43.0. The summed E-state index contributed by atoms with van der Waals surface area (Å²) in [4.78, 5) is 15.0. The van der Waals surface area contributed by atoms with Gasteiger partial charge in [-0.05, 0) is 0 Å². The van der Waals surface area contributed by atoms with E-state index in [0.717, 1.165) is 50.1 Å². The van der Waals surface area contributed by atoms with Gasteiger partial charge in [0.2, 0.25) is 0 Å². The standard InChI is InChI=1S/C47H38O4Se2Si/c1-49-28-23-21-27(22-24-28)37-41-38-31-19-13-14-20-32(31)44(48)43(38)47(54(4,5)6)40-34-26-36(51-3)35(50-2)25-33(34)39(42(40)41)46(53-30-17-11-8-12-18-30)45(37)52-29-15-9-7-10-16-29/h7-26H,1-6H3. The Labute approximate surface area is 329 Å². The molecule has 0 heterocycles. The number of hydrogen-bond donors (Lipinski definition) is 0. The first-order valence-corrected chi connectivity index (χ1v) is 24.9. The van der Waals surface area contributed by atoms with Crippen molar-refractivity contribution in [1.29, 1.82) is 0 Å². The van der Waals surface area contributed by atoms with Gasteiger partial charge in [0.15, 0.2) is 0 Å². The maximum absolute atomic E-state index is 15.0. The second kappa shape index (κ2) is 13.5. The van der Waals surface area contributed by atoms with Crippen LogP contribution in [0.15, 0.2) is 121 Å². The van der Waals surface area contributed by atoms with Crippen LogP contribution in [-0.2, 0) is 0 Å². The molecule has 0 fully saturated rings. The number of methoxy groups -OCH3 is 3. The summed E-state index contributed by atoms with van der Waals surface area (Å²) in [6.07, 6.45) is 0. The Morgan fingerprint density at radius 2 is 0.981 bits per heavy atom. The molecule has 2 aliphatic carbocycles. The van der Waals surface area contributed by atoms with Crippen molar-refractivity contribution < 1.29 is 19.0 Å². The second-order valence-electron chi connectivity index (χ2n) is 14.6. The molecule has 7 aromatic carbocycles. The molecule has 0 bridgehead atoms. The molecule has 0 atom stereocenters. The zero-order valence-corrected chi connectivity index (χ0v) is 35.4.